The van der Waals surface area contributed by atoms with Gasteiger partial charge in [-0.3, -0.25) is 0 Å². The van der Waals surface area contributed by atoms with Crippen molar-refractivity contribution in [2.45, 2.75) is 19.0 Å². The largest absolute Gasteiger partial charge is 0.370 e. The molecule has 2 N–H and O–H groups in total. The standard InChI is InChI=1S/C11H20N4O2S2/c1-4-12-9-8-10(15-11(14-9)18-3)13-6-7-19(16,17)5-2/h8H,4-7H2,1-3H3,(H2,12,13,14,15). The van der Waals surface area contributed by atoms with Crippen LogP contribution in [0.3, 0.4) is 0 Å². The lowest BCUT2D eigenvalue weighted by Crippen LogP contribution is -2.18. The molecule has 1 heterocycles. The second kappa shape index (κ2) is 7.54. The molecule has 1 aromatic rings. The van der Waals surface area contributed by atoms with Gasteiger partial charge in [0.1, 0.15) is 11.6 Å². The van der Waals surface area contributed by atoms with Crippen molar-refractivity contribution in [3.8, 4) is 0 Å². The highest BCUT2D eigenvalue weighted by atomic mass is 32.2. The summed E-state index contributed by atoms with van der Waals surface area (Å²) in [5.74, 6) is 1.65. The molecule has 6 nitrogen and oxygen atoms in total. The Labute approximate surface area is 118 Å². The van der Waals surface area contributed by atoms with Crippen LogP contribution in [-0.2, 0) is 9.84 Å². The Hall–Kier alpha value is -1.02. The molecule has 8 heteroatoms. The zero-order chi connectivity index (χ0) is 14.3. The van der Waals surface area contributed by atoms with Crippen molar-refractivity contribution in [1.29, 1.82) is 0 Å². The van der Waals surface area contributed by atoms with Crippen molar-refractivity contribution in [2.24, 2.45) is 0 Å². The molecule has 0 atom stereocenters. The summed E-state index contributed by atoms with van der Waals surface area (Å²) in [5, 5.41) is 6.79. The topological polar surface area (TPSA) is 84.0 Å². The van der Waals surface area contributed by atoms with Gasteiger partial charge in [0.2, 0.25) is 0 Å². The SMILES string of the molecule is CCNc1cc(NCCS(=O)(=O)CC)nc(SC)n1. The second-order valence-electron chi connectivity index (χ2n) is 3.82. The summed E-state index contributed by atoms with van der Waals surface area (Å²) in [6.07, 6.45) is 1.90. The van der Waals surface area contributed by atoms with E-state index in [-0.39, 0.29) is 11.5 Å². The van der Waals surface area contributed by atoms with Crippen molar-refractivity contribution in [3.63, 3.8) is 0 Å². The van der Waals surface area contributed by atoms with Crippen molar-refractivity contribution in [1.82, 2.24) is 9.97 Å². The minimum Gasteiger partial charge on any atom is -0.370 e. The van der Waals surface area contributed by atoms with E-state index in [0.717, 1.165) is 12.4 Å². The van der Waals surface area contributed by atoms with Gasteiger partial charge in [-0.1, -0.05) is 18.7 Å². The number of aromatic nitrogens is 2. The lowest BCUT2D eigenvalue weighted by molar-refractivity contribution is 0.597. The molecule has 1 aromatic heterocycles. The second-order valence-corrected chi connectivity index (χ2v) is 7.06. The fourth-order valence-electron chi connectivity index (χ4n) is 1.36. The van der Waals surface area contributed by atoms with E-state index in [9.17, 15) is 8.42 Å². The predicted molar refractivity (Wildman–Crippen MR) is 80.8 cm³/mol. The molecule has 0 unspecified atom stereocenters. The molecule has 0 aliphatic heterocycles. The van der Waals surface area contributed by atoms with Gasteiger partial charge in [0, 0.05) is 24.9 Å². The van der Waals surface area contributed by atoms with Crippen LogP contribution in [0, 0.1) is 0 Å². The molecule has 0 aliphatic carbocycles. The zero-order valence-corrected chi connectivity index (χ0v) is 13.1. The lowest BCUT2D eigenvalue weighted by atomic mass is 10.5. The van der Waals surface area contributed by atoms with Crippen LogP contribution in [0.4, 0.5) is 11.6 Å². The maximum atomic E-state index is 11.4. The van der Waals surface area contributed by atoms with Gasteiger partial charge >= 0.3 is 0 Å². The molecule has 0 saturated heterocycles. The number of hydrogen-bond donors (Lipinski definition) is 2. The van der Waals surface area contributed by atoms with E-state index in [1.165, 1.54) is 11.8 Å². The van der Waals surface area contributed by atoms with E-state index < -0.39 is 9.84 Å². The summed E-state index contributed by atoms with van der Waals surface area (Å²) in [5.41, 5.74) is 0. The van der Waals surface area contributed by atoms with E-state index >= 15 is 0 Å². The first-order chi connectivity index (χ1) is 9.00. The molecule has 0 aliphatic rings. The smallest absolute Gasteiger partial charge is 0.191 e. The molecule has 0 bridgehead atoms. The molecule has 19 heavy (non-hydrogen) atoms. The average Bonchev–Trinajstić information content (AvgIpc) is 2.38. The Morgan fingerprint density at radius 1 is 1.21 bits per heavy atom. The summed E-state index contributed by atoms with van der Waals surface area (Å²) in [4.78, 5) is 8.58. The Bertz CT molecular complexity index is 505. The van der Waals surface area contributed by atoms with Crippen LogP contribution in [0.25, 0.3) is 0 Å². The Morgan fingerprint density at radius 3 is 2.37 bits per heavy atom. The highest BCUT2D eigenvalue weighted by molar-refractivity contribution is 7.98. The van der Waals surface area contributed by atoms with Gasteiger partial charge in [-0.05, 0) is 13.2 Å². The number of nitrogens with one attached hydrogen (secondary N) is 2. The van der Waals surface area contributed by atoms with E-state index in [4.69, 9.17) is 0 Å². The fraction of sp³-hybridized carbons (Fsp3) is 0.636. The van der Waals surface area contributed by atoms with E-state index in [2.05, 4.69) is 20.6 Å². The highest BCUT2D eigenvalue weighted by Gasteiger charge is 2.08. The van der Waals surface area contributed by atoms with Crippen LogP contribution in [-0.4, -0.2) is 49.2 Å². The first kappa shape index (κ1) is 16.0. The third-order valence-electron chi connectivity index (χ3n) is 2.41. The summed E-state index contributed by atoms with van der Waals surface area (Å²) in [7, 11) is -2.95. The minimum atomic E-state index is -2.95. The maximum absolute atomic E-state index is 11.4. The van der Waals surface area contributed by atoms with Crippen molar-refractivity contribution in [3.05, 3.63) is 6.07 Å². The number of sulfone groups is 1. The van der Waals surface area contributed by atoms with Crippen molar-refractivity contribution >= 4 is 33.2 Å². The molecule has 0 fully saturated rings. The highest BCUT2D eigenvalue weighted by Crippen LogP contribution is 2.16. The van der Waals surface area contributed by atoms with Crippen LogP contribution in [0.2, 0.25) is 0 Å². The third-order valence-corrected chi connectivity index (χ3v) is 4.66. The van der Waals surface area contributed by atoms with Gasteiger partial charge in [-0.2, -0.15) is 0 Å². The first-order valence-corrected chi connectivity index (χ1v) is 9.16. The van der Waals surface area contributed by atoms with Crippen molar-refractivity contribution < 1.29 is 8.42 Å². The first-order valence-electron chi connectivity index (χ1n) is 6.12. The quantitative estimate of drug-likeness (QED) is 0.556. The van der Waals surface area contributed by atoms with Gasteiger partial charge in [0.05, 0.1) is 5.75 Å². The van der Waals surface area contributed by atoms with Crippen LogP contribution in [0.15, 0.2) is 11.2 Å². The average molecular weight is 304 g/mol. The summed E-state index contributed by atoms with van der Waals surface area (Å²) >= 11 is 1.45. The van der Waals surface area contributed by atoms with E-state index in [1.807, 2.05) is 13.2 Å². The van der Waals surface area contributed by atoms with E-state index in [0.29, 0.717) is 17.5 Å². The molecule has 0 spiro atoms. The number of nitrogens with zero attached hydrogens (tertiary/aromatic N) is 2. The summed E-state index contributed by atoms with van der Waals surface area (Å²) in [6.45, 7) is 4.76. The van der Waals surface area contributed by atoms with Gasteiger partial charge < -0.3 is 10.6 Å². The van der Waals surface area contributed by atoms with Crippen LogP contribution in [0.5, 0.6) is 0 Å². The molecule has 0 saturated carbocycles. The zero-order valence-electron chi connectivity index (χ0n) is 11.4. The molecule has 108 valence electrons. The predicted octanol–water partition coefficient (Wildman–Crippen LogP) is 1.48. The minimum absolute atomic E-state index is 0.110. The van der Waals surface area contributed by atoms with E-state index in [1.54, 1.807) is 13.0 Å². The fourth-order valence-corrected chi connectivity index (χ4v) is 2.44. The summed E-state index contributed by atoms with van der Waals surface area (Å²) in [6, 6.07) is 1.78. The molecule has 0 radical (unpaired) electrons. The number of thioether (sulfide) groups is 1. The molecular formula is C11H20N4O2S2. The summed E-state index contributed by atoms with van der Waals surface area (Å²) < 4.78 is 22.8. The number of rotatable bonds is 8. The molecular weight excluding hydrogens is 284 g/mol. The molecule has 1 rings (SSSR count). The van der Waals surface area contributed by atoms with Gasteiger partial charge in [-0.15, -0.1) is 0 Å². The Balaban J connectivity index is 2.69. The molecule has 0 aromatic carbocycles. The maximum Gasteiger partial charge on any atom is 0.191 e. The number of hydrogen-bond acceptors (Lipinski definition) is 7. The van der Waals surface area contributed by atoms with Crippen LogP contribution >= 0.6 is 11.8 Å². The van der Waals surface area contributed by atoms with Gasteiger partial charge in [0.15, 0.2) is 15.0 Å². The number of anilines is 2. The normalized spacial score (nSPS) is 11.3. The third kappa shape index (κ3) is 5.65. The van der Waals surface area contributed by atoms with Crippen molar-refractivity contribution in [2.75, 3.05) is 41.5 Å². The van der Waals surface area contributed by atoms with Crippen LogP contribution < -0.4 is 10.6 Å². The molecule has 0 amide bonds. The van der Waals surface area contributed by atoms with Gasteiger partial charge in [0.25, 0.3) is 0 Å². The lowest BCUT2D eigenvalue weighted by Gasteiger charge is -2.09. The monoisotopic (exact) mass is 304 g/mol. The van der Waals surface area contributed by atoms with Gasteiger partial charge in [-0.25, -0.2) is 18.4 Å². The van der Waals surface area contributed by atoms with Crippen LogP contribution in [0.1, 0.15) is 13.8 Å². The Kier molecular flexibility index (Phi) is 6.36. The Morgan fingerprint density at radius 2 is 1.84 bits per heavy atom.